The summed E-state index contributed by atoms with van der Waals surface area (Å²) < 4.78 is 1.88. The highest BCUT2D eigenvalue weighted by Gasteiger charge is 2.17. The summed E-state index contributed by atoms with van der Waals surface area (Å²) in [7, 11) is 0. The lowest BCUT2D eigenvalue weighted by molar-refractivity contribution is 0.443. The Morgan fingerprint density at radius 3 is 2.46 bits per heavy atom. The zero-order chi connectivity index (χ0) is 16.5. The van der Waals surface area contributed by atoms with Crippen molar-refractivity contribution in [3.8, 4) is 11.1 Å². The number of rotatable bonds is 3. The number of aryl methyl sites for hydroxylation is 1. The Labute approximate surface area is 142 Å². The van der Waals surface area contributed by atoms with Gasteiger partial charge in [0.05, 0.1) is 0 Å². The number of hydrogen-bond donors (Lipinski definition) is 0. The van der Waals surface area contributed by atoms with E-state index in [2.05, 4.69) is 35.5 Å². The third-order valence-electron chi connectivity index (χ3n) is 5.27. The highest BCUT2D eigenvalue weighted by molar-refractivity contribution is 5.81. The van der Waals surface area contributed by atoms with Crippen LogP contribution in [0.4, 0.5) is 5.82 Å². The fraction of sp³-hybridized carbons (Fsp3) is 0.333. The van der Waals surface area contributed by atoms with E-state index in [0.717, 1.165) is 22.2 Å². The van der Waals surface area contributed by atoms with E-state index in [9.17, 15) is 4.91 Å². The summed E-state index contributed by atoms with van der Waals surface area (Å²) in [6.07, 6.45) is 8.63. The van der Waals surface area contributed by atoms with Gasteiger partial charge in [0.15, 0.2) is 5.82 Å². The Morgan fingerprint density at radius 1 is 1.00 bits per heavy atom. The molecule has 3 heteroatoms. The van der Waals surface area contributed by atoms with Gasteiger partial charge >= 0.3 is 0 Å². The van der Waals surface area contributed by atoms with Crippen molar-refractivity contribution < 1.29 is 0 Å². The van der Waals surface area contributed by atoms with E-state index >= 15 is 0 Å². The molecule has 0 radical (unpaired) electrons. The van der Waals surface area contributed by atoms with Gasteiger partial charge in [-0.25, -0.2) is 0 Å². The molecular formula is C21H22N2O. The van der Waals surface area contributed by atoms with Crippen molar-refractivity contribution in [3.05, 3.63) is 64.7 Å². The van der Waals surface area contributed by atoms with Gasteiger partial charge in [-0.2, -0.15) is 0 Å². The highest BCUT2D eigenvalue weighted by Crippen LogP contribution is 2.37. The van der Waals surface area contributed by atoms with Crippen LogP contribution in [0.1, 0.15) is 49.1 Å². The molecule has 122 valence electrons. The third kappa shape index (κ3) is 2.64. The number of fused-ring (bicyclic) bond motifs is 1. The van der Waals surface area contributed by atoms with Crippen LogP contribution in [-0.2, 0) is 0 Å². The largest absolute Gasteiger partial charge is 0.298 e. The summed E-state index contributed by atoms with van der Waals surface area (Å²) >= 11 is 0. The van der Waals surface area contributed by atoms with E-state index in [0.29, 0.717) is 11.7 Å². The van der Waals surface area contributed by atoms with Crippen LogP contribution in [0.25, 0.3) is 16.6 Å². The lowest BCUT2D eigenvalue weighted by atomic mass is 9.84. The Morgan fingerprint density at radius 2 is 1.75 bits per heavy atom. The predicted molar refractivity (Wildman–Crippen MR) is 98.9 cm³/mol. The normalized spacial score (nSPS) is 15.7. The predicted octanol–water partition coefficient (Wildman–Crippen LogP) is 6.36. The summed E-state index contributed by atoms with van der Waals surface area (Å²) in [6.45, 7) is 2.02. The van der Waals surface area contributed by atoms with Crippen LogP contribution < -0.4 is 0 Å². The van der Waals surface area contributed by atoms with Gasteiger partial charge in [-0.15, -0.1) is 4.91 Å². The number of benzene rings is 1. The van der Waals surface area contributed by atoms with Crippen LogP contribution >= 0.6 is 0 Å². The minimum absolute atomic E-state index is 0.485. The van der Waals surface area contributed by atoms with Crippen molar-refractivity contribution in [2.75, 3.05) is 0 Å². The molecule has 1 aromatic carbocycles. The lowest BCUT2D eigenvalue weighted by Gasteiger charge is -2.22. The maximum atomic E-state index is 11.4. The van der Waals surface area contributed by atoms with E-state index in [1.54, 1.807) is 0 Å². The molecule has 3 aromatic rings. The Hall–Kier alpha value is -2.42. The Kier molecular flexibility index (Phi) is 3.93. The first-order valence-electron chi connectivity index (χ1n) is 8.81. The van der Waals surface area contributed by atoms with E-state index in [1.807, 2.05) is 29.7 Å². The number of aromatic nitrogens is 1. The van der Waals surface area contributed by atoms with Crippen LogP contribution in [0.3, 0.4) is 0 Å². The van der Waals surface area contributed by atoms with Gasteiger partial charge in [0.1, 0.15) is 0 Å². The van der Waals surface area contributed by atoms with Crippen molar-refractivity contribution in [1.29, 1.82) is 0 Å². The van der Waals surface area contributed by atoms with Crippen molar-refractivity contribution in [2.45, 2.75) is 44.9 Å². The zero-order valence-electron chi connectivity index (χ0n) is 14.0. The molecule has 1 saturated carbocycles. The molecule has 0 spiro atoms. The van der Waals surface area contributed by atoms with Crippen LogP contribution in [0.2, 0.25) is 0 Å². The summed E-state index contributed by atoms with van der Waals surface area (Å²) in [4.78, 5) is 11.4. The summed E-state index contributed by atoms with van der Waals surface area (Å²) in [5, 5.41) is 3.30. The van der Waals surface area contributed by atoms with Gasteiger partial charge in [0.25, 0.3) is 0 Å². The van der Waals surface area contributed by atoms with Crippen molar-refractivity contribution in [3.63, 3.8) is 0 Å². The molecule has 0 aliphatic heterocycles. The summed E-state index contributed by atoms with van der Waals surface area (Å²) in [5.74, 6) is 1.19. The van der Waals surface area contributed by atoms with Gasteiger partial charge in [-0.1, -0.05) is 49.6 Å². The monoisotopic (exact) mass is 318 g/mol. The molecule has 0 atom stereocenters. The molecule has 0 N–H and O–H groups in total. The quantitative estimate of drug-likeness (QED) is 0.517. The van der Waals surface area contributed by atoms with Gasteiger partial charge in [-0.3, -0.25) is 4.40 Å². The maximum Gasteiger partial charge on any atom is 0.189 e. The van der Waals surface area contributed by atoms with Crippen molar-refractivity contribution in [2.24, 2.45) is 5.18 Å². The fourth-order valence-electron chi connectivity index (χ4n) is 3.94. The number of nitrogens with zero attached hydrogens (tertiary/aromatic N) is 2. The van der Waals surface area contributed by atoms with Gasteiger partial charge in [0.2, 0.25) is 0 Å². The SMILES string of the molecule is Cc1ccc2cc(-c3ccc(C4CCCCC4)cc3)c(N=O)n2c1. The first kappa shape index (κ1) is 15.1. The van der Waals surface area contributed by atoms with Crippen LogP contribution in [0.5, 0.6) is 0 Å². The van der Waals surface area contributed by atoms with Gasteiger partial charge in [0, 0.05) is 17.3 Å². The molecule has 24 heavy (non-hydrogen) atoms. The Balaban J connectivity index is 1.73. The minimum atomic E-state index is 0.485. The molecule has 4 rings (SSSR count). The molecule has 2 heterocycles. The molecule has 0 saturated heterocycles. The molecule has 0 amide bonds. The van der Waals surface area contributed by atoms with Crippen LogP contribution in [-0.4, -0.2) is 4.40 Å². The second-order valence-electron chi connectivity index (χ2n) is 6.93. The van der Waals surface area contributed by atoms with E-state index in [-0.39, 0.29) is 0 Å². The van der Waals surface area contributed by atoms with Gasteiger partial charge in [-0.05, 0) is 59.7 Å². The molecule has 2 aromatic heterocycles. The Bertz CT molecular complexity index is 871. The number of pyridine rings is 1. The van der Waals surface area contributed by atoms with Crippen molar-refractivity contribution >= 4 is 11.3 Å². The average molecular weight is 318 g/mol. The molecule has 1 aliphatic rings. The number of nitroso groups, excluding NO2 is 1. The smallest absolute Gasteiger partial charge is 0.189 e. The standard InChI is InChI=1S/C21H22N2O/c1-15-7-12-19-13-20(21(22-24)23(19)14-15)18-10-8-17(9-11-18)16-5-3-2-4-6-16/h7-14,16H,2-6H2,1H3. The fourth-order valence-corrected chi connectivity index (χ4v) is 3.94. The zero-order valence-corrected chi connectivity index (χ0v) is 14.0. The molecule has 0 bridgehead atoms. The summed E-state index contributed by atoms with van der Waals surface area (Å²) in [6, 6.07) is 14.9. The van der Waals surface area contributed by atoms with Crippen LogP contribution in [0, 0.1) is 11.8 Å². The molecular weight excluding hydrogens is 296 g/mol. The maximum absolute atomic E-state index is 11.4. The first-order valence-corrected chi connectivity index (χ1v) is 8.81. The van der Waals surface area contributed by atoms with E-state index < -0.39 is 0 Å². The molecule has 0 unspecified atom stereocenters. The highest BCUT2D eigenvalue weighted by atomic mass is 16.3. The van der Waals surface area contributed by atoms with Gasteiger partial charge < -0.3 is 0 Å². The lowest BCUT2D eigenvalue weighted by Crippen LogP contribution is -2.04. The summed E-state index contributed by atoms with van der Waals surface area (Å²) in [5.41, 5.74) is 5.51. The molecule has 1 aliphatic carbocycles. The second kappa shape index (κ2) is 6.23. The molecule has 1 fully saturated rings. The first-order chi connectivity index (χ1) is 11.8. The average Bonchev–Trinajstić information content (AvgIpc) is 3.00. The minimum Gasteiger partial charge on any atom is -0.298 e. The van der Waals surface area contributed by atoms with E-state index in [1.165, 1.54) is 37.7 Å². The van der Waals surface area contributed by atoms with E-state index in [4.69, 9.17) is 0 Å². The van der Waals surface area contributed by atoms with Crippen LogP contribution in [0.15, 0.2) is 53.8 Å². The third-order valence-corrected chi connectivity index (χ3v) is 5.27. The second-order valence-corrected chi connectivity index (χ2v) is 6.93. The van der Waals surface area contributed by atoms with Crippen molar-refractivity contribution in [1.82, 2.24) is 4.40 Å². The topological polar surface area (TPSA) is 33.8 Å². The number of hydrogen-bond acceptors (Lipinski definition) is 2. The molecule has 3 nitrogen and oxygen atoms in total.